The number of benzene rings is 1. The van der Waals surface area contributed by atoms with Gasteiger partial charge in [0.1, 0.15) is 18.5 Å². The molecule has 0 N–H and O–H groups in total. The Morgan fingerprint density at radius 2 is 2.14 bits per heavy atom. The van der Waals surface area contributed by atoms with Crippen LogP contribution in [0.2, 0.25) is 0 Å². The van der Waals surface area contributed by atoms with Crippen LogP contribution in [0.15, 0.2) is 24.3 Å². The molecule has 1 fully saturated rings. The minimum atomic E-state index is 0.319. The molecule has 0 amide bonds. The Hall–Kier alpha value is -1.02. The van der Waals surface area contributed by atoms with E-state index in [2.05, 4.69) is 13.0 Å². The monoisotopic (exact) mass is 191 g/mol. The van der Waals surface area contributed by atoms with Crippen LogP contribution in [0.5, 0.6) is 5.75 Å². The molecule has 1 aliphatic rings. The molecule has 2 atom stereocenters. The first-order valence-electron chi connectivity index (χ1n) is 5.14. The average molecular weight is 191 g/mol. The van der Waals surface area contributed by atoms with Crippen molar-refractivity contribution in [3.8, 4) is 5.75 Å². The number of rotatable bonds is 5. The maximum absolute atomic E-state index is 5.56. The van der Waals surface area contributed by atoms with E-state index in [1.54, 1.807) is 0 Å². The smallest absolute Gasteiger partial charge is 0.119 e. The Balaban J connectivity index is 1.70. The highest BCUT2D eigenvalue weighted by Crippen LogP contribution is 2.27. The molecular weight excluding hydrogens is 176 g/mol. The van der Waals surface area contributed by atoms with Gasteiger partial charge in [-0.1, -0.05) is 25.5 Å². The zero-order chi connectivity index (χ0) is 9.80. The molecular formula is C12H15O2. The zero-order valence-corrected chi connectivity index (χ0v) is 8.40. The van der Waals surface area contributed by atoms with Gasteiger partial charge < -0.3 is 9.47 Å². The normalized spacial score (nSPS) is 24.6. The molecule has 0 unspecified atom stereocenters. The van der Waals surface area contributed by atoms with Gasteiger partial charge in [-0.2, -0.15) is 0 Å². The highest BCUT2D eigenvalue weighted by atomic mass is 16.6. The first-order valence-corrected chi connectivity index (χ1v) is 5.14. The van der Waals surface area contributed by atoms with E-state index in [0.29, 0.717) is 18.8 Å². The summed E-state index contributed by atoms with van der Waals surface area (Å²) in [6.45, 7) is 2.85. The Kier molecular flexibility index (Phi) is 3.04. The summed E-state index contributed by atoms with van der Waals surface area (Å²) < 4.78 is 11.0. The lowest BCUT2D eigenvalue weighted by atomic mass is 10.2. The quantitative estimate of drug-likeness (QED) is 0.667. The molecule has 1 saturated heterocycles. The second-order valence-corrected chi connectivity index (χ2v) is 3.55. The molecule has 1 radical (unpaired) electrons. The largest absolute Gasteiger partial charge is 0.491 e. The molecule has 14 heavy (non-hydrogen) atoms. The lowest BCUT2D eigenvalue weighted by molar-refractivity contribution is 0.259. The van der Waals surface area contributed by atoms with E-state index < -0.39 is 0 Å². The Bertz CT molecular complexity index is 271. The predicted octanol–water partition coefficient (Wildman–Crippen LogP) is 2.43. The predicted molar refractivity (Wildman–Crippen MR) is 54.3 cm³/mol. The second-order valence-electron chi connectivity index (χ2n) is 3.55. The minimum Gasteiger partial charge on any atom is -0.491 e. The van der Waals surface area contributed by atoms with Crippen LogP contribution in [0.3, 0.4) is 0 Å². The molecule has 1 aromatic carbocycles. The molecule has 1 heterocycles. The Morgan fingerprint density at radius 3 is 2.86 bits per heavy atom. The summed E-state index contributed by atoms with van der Waals surface area (Å²) in [7, 11) is 0. The first kappa shape index (κ1) is 9.53. The Labute approximate surface area is 84.8 Å². The molecule has 1 aromatic rings. The van der Waals surface area contributed by atoms with Crippen molar-refractivity contribution >= 4 is 0 Å². The SMILES string of the molecule is CCC[C@H]1O[C@@H]1COc1cc[c]cc1. The van der Waals surface area contributed by atoms with Crippen LogP contribution in [0.4, 0.5) is 0 Å². The van der Waals surface area contributed by atoms with Crippen molar-refractivity contribution in [1.82, 2.24) is 0 Å². The zero-order valence-electron chi connectivity index (χ0n) is 8.40. The van der Waals surface area contributed by atoms with E-state index in [9.17, 15) is 0 Å². The van der Waals surface area contributed by atoms with Gasteiger partial charge >= 0.3 is 0 Å². The molecule has 0 aromatic heterocycles. The van der Waals surface area contributed by atoms with Crippen LogP contribution in [0, 0.1) is 6.07 Å². The third-order valence-electron chi connectivity index (χ3n) is 2.36. The molecule has 0 bridgehead atoms. The standard InChI is InChI=1S/C12H15O2/c1-2-6-11-12(14-11)9-13-10-7-4-3-5-8-10/h4-5,7-8,11-12H,2,6,9H2,1H3/t11-,12-/m1/s1. The molecule has 75 valence electrons. The maximum atomic E-state index is 5.56. The van der Waals surface area contributed by atoms with Gasteiger partial charge in [0, 0.05) is 0 Å². The molecule has 1 aliphatic heterocycles. The lowest BCUT2D eigenvalue weighted by Gasteiger charge is -2.02. The van der Waals surface area contributed by atoms with Crippen LogP contribution in [-0.4, -0.2) is 18.8 Å². The highest BCUT2D eigenvalue weighted by Gasteiger charge is 2.38. The van der Waals surface area contributed by atoms with Gasteiger partial charge in [-0.15, -0.1) is 0 Å². The molecule has 0 spiro atoms. The van der Waals surface area contributed by atoms with Crippen LogP contribution >= 0.6 is 0 Å². The summed E-state index contributed by atoms with van der Waals surface area (Å²) in [6.07, 6.45) is 3.09. The third-order valence-corrected chi connectivity index (χ3v) is 2.36. The second kappa shape index (κ2) is 4.47. The fraction of sp³-hybridized carbons (Fsp3) is 0.500. The van der Waals surface area contributed by atoms with Gasteiger partial charge in [-0.3, -0.25) is 0 Å². The summed E-state index contributed by atoms with van der Waals surface area (Å²) in [6, 6.07) is 10.5. The van der Waals surface area contributed by atoms with Crippen molar-refractivity contribution in [3.05, 3.63) is 30.3 Å². The van der Waals surface area contributed by atoms with Gasteiger partial charge in [-0.05, 0) is 24.6 Å². The topological polar surface area (TPSA) is 21.8 Å². The first-order chi connectivity index (χ1) is 6.90. The van der Waals surface area contributed by atoms with Gasteiger partial charge in [0.15, 0.2) is 0 Å². The summed E-state index contributed by atoms with van der Waals surface area (Å²) in [5, 5.41) is 0. The summed E-state index contributed by atoms with van der Waals surface area (Å²) >= 11 is 0. The summed E-state index contributed by atoms with van der Waals surface area (Å²) in [5.41, 5.74) is 0. The summed E-state index contributed by atoms with van der Waals surface area (Å²) in [4.78, 5) is 0. The fourth-order valence-electron chi connectivity index (χ4n) is 1.51. The van der Waals surface area contributed by atoms with Gasteiger partial charge in [0.05, 0.1) is 6.10 Å². The average Bonchev–Trinajstić information content (AvgIpc) is 2.96. The van der Waals surface area contributed by atoms with E-state index in [0.717, 1.165) is 12.2 Å². The number of epoxide rings is 1. The Morgan fingerprint density at radius 1 is 1.36 bits per heavy atom. The highest BCUT2D eigenvalue weighted by molar-refractivity contribution is 5.20. The van der Waals surface area contributed by atoms with Gasteiger partial charge in [0.25, 0.3) is 0 Å². The van der Waals surface area contributed by atoms with Crippen LogP contribution in [-0.2, 0) is 4.74 Å². The number of ether oxygens (including phenoxy) is 2. The van der Waals surface area contributed by atoms with E-state index in [-0.39, 0.29) is 0 Å². The van der Waals surface area contributed by atoms with Crippen molar-refractivity contribution in [2.24, 2.45) is 0 Å². The van der Waals surface area contributed by atoms with Crippen molar-refractivity contribution in [2.75, 3.05) is 6.61 Å². The van der Waals surface area contributed by atoms with Crippen molar-refractivity contribution in [2.45, 2.75) is 32.0 Å². The minimum absolute atomic E-state index is 0.319. The maximum Gasteiger partial charge on any atom is 0.119 e. The van der Waals surface area contributed by atoms with Crippen molar-refractivity contribution < 1.29 is 9.47 Å². The molecule has 2 nitrogen and oxygen atoms in total. The van der Waals surface area contributed by atoms with E-state index in [1.807, 2.05) is 24.3 Å². The van der Waals surface area contributed by atoms with Crippen molar-refractivity contribution in [1.29, 1.82) is 0 Å². The van der Waals surface area contributed by atoms with Crippen LogP contribution in [0.25, 0.3) is 0 Å². The van der Waals surface area contributed by atoms with E-state index in [4.69, 9.17) is 9.47 Å². The molecule has 2 rings (SSSR count). The molecule has 0 aliphatic carbocycles. The van der Waals surface area contributed by atoms with Crippen LogP contribution in [0.1, 0.15) is 19.8 Å². The number of hydrogen-bond acceptors (Lipinski definition) is 2. The lowest BCUT2D eigenvalue weighted by Crippen LogP contribution is -2.07. The van der Waals surface area contributed by atoms with Gasteiger partial charge in [-0.25, -0.2) is 0 Å². The fourth-order valence-corrected chi connectivity index (χ4v) is 1.51. The van der Waals surface area contributed by atoms with Crippen LogP contribution < -0.4 is 4.74 Å². The third kappa shape index (κ3) is 2.48. The summed E-state index contributed by atoms with van der Waals surface area (Å²) in [5.74, 6) is 0.898. The van der Waals surface area contributed by atoms with E-state index in [1.165, 1.54) is 6.42 Å². The van der Waals surface area contributed by atoms with Gasteiger partial charge in [0.2, 0.25) is 0 Å². The molecule has 0 saturated carbocycles. The van der Waals surface area contributed by atoms with Crippen molar-refractivity contribution in [3.63, 3.8) is 0 Å². The molecule has 2 heteroatoms. The van der Waals surface area contributed by atoms with E-state index >= 15 is 0 Å². The number of hydrogen-bond donors (Lipinski definition) is 0.